The van der Waals surface area contributed by atoms with Crippen molar-refractivity contribution in [3.8, 4) is 0 Å². The standard InChI is InChI=1S/C34H47N7O6S/c1-8-27(39(7)31(43)34(37-29(42)21-48(45,46)9-2)16-14-23-12-10-11-13-25(23)34)26-18-28-36-30(22(3)19-41(28)38-26)40-17-15-24(20-40)35-32(44)47-33(4,5)6/h10-13,18-19,24,27H,8-9,14-17,20-21H2,1-7H3,(H,35,44)(H,37,42)/t24-,27-,34?/m0/s1. The van der Waals surface area contributed by atoms with Crippen molar-refractivity contribution in [2.75, 3.05) is 36.5 Å². The molecule has 1 unspecified atom stereocenters. The van der Waals surface area contributed by atoms with Crippen LogP contribution in [0.5, 0.6) is 0 Å². The van der Waals surface area contributed by atoms with Gasteiger partial charge in [0.25, 0.3) is 5.91 Å². The number of rotatable bonds is 10. The van der Waals surface area contributed by atoms with Crippen molar-refractivity contribution in [1.29, 1.82) is 0 Å². The van der Waals surface area contributed by atoms with E-state index in [1.807, 2.05) is 71.1 Å². The number of nitrogens with one attached hydrogen (secondary N) is 2. The molecule has 0 bridgehead atoms. The van der Waals surface area contributed by atoms with E-state index < -0.39 is 44.8 Å². The number of benzene rings is 1. The third kappa shape index (κ3) is 7.27. The highest BCUT2D eigenvalue weighted by molar-refractivity contribution is 7.92. The average Bonchev–Trinajstić information content (AvgIpc) is 3.73. The summed E-state index contributed by atoms with van der Waals surface area (Å²) in [4.78, 5) is 48.7. The predicted octanol–water partition coefficient (Wildman–Crippen LogP) is 3.44. The monoisotopic (exact) mass is 681 g/mol. The lowest BCUT2D eigenvalue weighted by molar-refractivity contribution is -0.143. The second-order valence-electron chi connectivity index (χ2n) is 13.8. The molecule has 14 heteroatoms. The molecular weight excluding hydrogens is 634 g/mol. The minimum atomic E-state index is -3.60. The third-order valence-corrected chi connectivity index (χ3v) is 10.7. The van der Waals surface area contributed by atoms with Crippen LogP contribution in [0.2, 0.25) is 0 Å². The van der Waals surface area contributed by atoms with Crippen LogP contribution in [0.25, 0.3) is 5.65 Å². The summed E-state index contributed by atoms with van der Waals surface area (Å²) in [6, 6.07) is 8.82. The number of ether oxygens (including phenoxy) is 1. The smallest absolute Gasteiger partial charge is 0.407 e. The molecule has 0 saturated carbocycles. The highest BCUT2D eigenvalue weighted by atomic mass is 32.2. The van der Waals surface area contributed by atoms with Crippen molar-refractivity contribution in [3.05, 3.63) is 58.9 Å². The Morgan fingerprint density at radius 3 is 2.60 bits per heavy atom. The molecule has 260 valence electrons. The van der Waals surface area contributed by atoms with Gasteiger partial charge in [0.15, 0.2) is 15.5 Å². The molecule has 1 aliphatic carbocycles. The Kier molecular flexibility index (Phi) is 9.78. The molecule has 3 atom stereocenters. The maximum atomic E-state index is 14.5. The Morgan fingerprint density at radius 1 is 1.19 bits per heavy atom. The van der Waals surface area contributed by atoms with E-state index in [1.165, 1.54) is 6.92 Å². The van der Waals surface area contributed by atoms with E-state index in [-0.39, 0.29) is 17.7 Å². The number of amides is 3. The van der Waals surface area contributed by atoms with Crippen LogP contribution in [0.15, 0.2) is 36.5 Å². The molecule has 2 aromatic heterocycles. The molecule has 1 fully saturated rings. The molecule has 2 aliphatic rings. The van der Waals surface area contributed by atoms with Gasteiger partial charge in [-0.1, -0.05) is 38.1 Å². The summed E-state index contributed by atoms with van der Waals surface area (Å²) in [7, 11) is -1.90. The Hall–Kier alpha value is -4.20. The van der Waals surface area contributed by atoms with Gasteiger partial charge >= 0.3 is 6.09 Å². The number of sulfone groups is 1. The summed E-state index contributed by atoms with van der Waals surface area (Å²) in [5, 5.41) is 10.6. The average molecular weight is 682 g/mol. The fourth-order valence-electron chi connectivity index (χ4n) is 6.76. The van der Waals surface area contributed by atoms with Gasteiger partial charge in [0, 0.05) is 43.7 Å². The summed E-state index contributed by atoms with van der Waals surface area (Å²) in [5.74, 6) is -1.08. The van der Waals surface area contributed by atoms with Gasteiger partial charge in [-0.2, -0.15) is 5.10 Å². The lowest BCUT2D eigenvalue weighted by Crippen LogP contribution is -2.57. The molecule has 48 heavy (non-hydrogen) atoms. The van der Waals surface area contributed by atoms with E-state index >= 15 is 0 Å². The number of fused-ring (bicyclic) bond motifs is 2. The highest BCUT2D eigenvalue weighted by Crippen LogP contribution is 2.40. The molecule has 13 nitrogen and oxygen atoms in total. The Labute approximate surface area is 282 Å². The number of nitrogens with zero attached hydrogens (tertiary/aromatic N) is 5. The van der Waals surface area contributed by atoms with E-state index in [0.29, 0.717) is 42.7 Å². The predicted molar refractivity (Wildman–Crippen MR) is 182 cm³/mol. The molecule has 1 aromatic carbocycles. The molecular formula is C34H47N7O6S. The lowest BCUT2D eigenvalue weighted by atomic mass is 9.89. The summed E-state index contributed by atoms with van der Waals surface area (Å²) >= 11 is 0. The molecule has 2 N–H and O–H groups in total. The van der Waals surface area contributed by atoms with Crippen LogP contribution in [0.3, 0.4) is 0 Å². The Bertz CT molecular complexity index is 1820. The lowest BCUT2D eigenvalue weighted by Gasteiger charge is -2.37. The van der Waals surface area contributed by atoms with E-state index in [9.17, 15) is 22.8 Å². The quantitative estimate of drug-likeness (QED) is 0.327. The van der Waals surface area contributed by atoms with Gasteiger partial charge in [0.2, 0.25) is 5.91 Å². The van der Waals surface area contributed by atoms with E-state index in [2.05, 4.69) is 15.5 Å². The number of aromatic nitrogens is 3. The number of aryl methyl sites for hydroxylation is 2. The van der Waals surface area contributed by atoms with Crippen molar-refractivity contribution >= 4 is 39.2 Å². The van der Waals surface area contributed by atoms with Crippen molar-refractivity contribution in [2.45, 2.75) is 90.4 Å². The molecule has 3 aromatic rings. The fraction of sp³-hybridized carbons (Fsp3) is 0.559. The van der Waals surface area contributed by atoms with Crippen molar-refractivity contribution in [2.24, 2.45) is 0 Å². The first-order valence-corrected chi connectivity index (χ1v) is 18.4. The van der Waals surface area contributed by atoms with Gasteiger partial charge in [-0.3, -0.25) is 9.59 Å². The number of carbonyl (C=O) groups is 3. The SMILES string of the molecule is CC[C@@H](c1cc2nc(N3CC[C@H](NC(=O)OC(C)(C)C)C3)c(C)cn2n1)N(C)C(=O)C1(NC(=O)CS(=O)(=O)CC)CCc2ccccc21. The van der Waals surface area contributed by atoms with E-state index in [0.717, 1.165) is 29.9 Å². The van der Waals surface area contributed by atoms with Crippen molar-refractivity contribution < 1.29 is 27.5 Å². The zero-order valence-electron chi connectivity index (χ0n) is 28.9. The molecule has 1 saturated heterocycles. The normalized spacial score (nSPS) is 20.0. The fourth-order valence-corrected chi connectivity index (χ4v) is 7.44. The molecule has 1 aliphatic heterocycles. The number of anilines is 1. The van der Waals surface area contributed by atoms with Crippen LogP contribution >= 0.6 is 0 Å². The van der Waals surface area contributed by atoms with Crippen LogP contribution in [0.1, 0.15) is 82.3 Å². The summed E-state index contributed by atoms with van der Waals surface area (Å²) in [6.45, 7) is 12.2. The van der Waals surface area contributed by atoms with Crippen LogP contribution in [-0.2, 0) is 36.1 Å². The zero-order chi connectivity index (χ0) is 35.0. The Morgan fingerprint density at radius 2 is 1.92 bits per heavy atom. The number of hydrogen-bond donors (Lipinski definition) is 2. The molecule has 0 radical (unpaired) electrons. The number of likely N-dealkylation sites (N-methyl/N-ethyl adjacent to an activating group) is 1. The van der Waals surface area contributed by atoms with E-state index in [1.54, 1.807) is 16.5 Å². The van der Waals surface area contributed by atoms with Gasteiger partial charge < -0.3 is 25.2 Å². The zero-order valence-corrected chi connectivity index (χ0v) is 29.7. The van der Waals surface area contributed by atoms with Gasteiger partial charge in [-0.15, -0.1) is 0 Å². The molecule has 3 amide bonds. The number of carbonyl (C=O) groups excluding carboxylic acids is 3. The second kappa shape index (κ2) is 13.4. The first kappa shape index (κ1) is 35.1. The molecule has 0 spiro atoms. The molecule has 3 heterocycles. The molecule has 5 rings (SSSR count). The maximum absolute atomic E-state index is 14.5. The first-order chi connectivity index (χ1) is 22.6. The third-order valence-electron chi connectivity index (χ3n) is 9.10. The van der Waals surface area contributed by atoms with Crippen LogP contribution in [0, 0.1) is 6.92 Å². The largest absolute Gasteiger partial charge is 0.444 e. The highest BCUT2D eigenvalue weighted by Gasteiger charge is 2.49. The van der Waals surface area contributed by atoms with Crippen molar-refractivity contribution in [1.82, 2.24) is 30.1 Å². The van der Waals surface area contributed by atoms with Crippen LogP contribution in [0.4, 0.5) is 10.6 Å². The maximum Gasteiger partial charge on any atom is 0.407 e. The van der Waals surface area contributed by atoms with Crippen LogP contribution < -0.4 is 15.5 Å². The topological polar surface area (TPSA) is 155 Å². The minimum absolute atomic E-state index is 0.0718. The van der Waals surface area contributed by atoms with Gasteiger partial charge in [-0.25, -0.2) is 22.7 Å². The number of hydrogen-bond acceptors (Lipinski definition) is 9. The minimum Gasteiger partial charge on any atom is -0.444 e. The summed E-state index contributed by atoms with van der Waals surface area (Å²) < 4.78 is 31.7. The second-order valence-corrected chi connectivity index (χ2v) is 16.2. The Balaban J connectivity index is 1.39. The first-order valence-electron chi connectivity index (χ1n) is 16.5. The van der Waals surface area contributed by atoms with Gasteiger partial charge in [-0.05, 0) is 64.5 Å². The summed E-state index contributed by atoms with van der Waals surface area (Å²) in [6.07, 6.45) is 3.66. The van der Waals surface area contributed by atoms with Gasteiger partial charge in [0.05, 0.1) is 17.8 Å². The van der Waals surface area contributed by atoms with Gasteiger partial charge in [0.1, 0.15) is 22.7 Å². The van der Waals surface area contributed by atoms with Crippen molar-refractivity contribution in [3.63, 3.8) is 0 Å². The van der Waals surface area contributed by atoms with E-state index in [4.69, 9.17) is 14.8 Å². The number of alkyl carbamates (subject to hydrolysis) is 1. The summed E-state index contributed by atoms with van der Waals surface area (Å²) in [5.41, 5.74) is 1.82. The van der Waals surface area contributed by atoms with Crippen LogP contribution in [-0.4, -0.2) is 89.1 Å².